The van der Waals surface area contributed by atoms with Gasteiger partial charge in [-0.2, -0.15) is 6.08 Å². The first kappa shape index (κ1) is 27.0. The van der Waals surface area contributed by atoms with Crippen LogP contribution in [0, 0.1) is 19.9 Å². The summed E-state index contributed by atoms with van der Waals surface area (Å²) in [7, 11) is 0. The molecule has 5 aromatic carbocycles. The van der Waals surface area contributed by atoms with Crippen molar-refractivity contribution in [1.82, 2.24) is 0 Å². The van der Waals surface area contributed by atoms with E-state index >= 15 is 0 Å². The van der Waals surface area contributed by atoms with E-state index in [4.69, 9.17) is 0 Å². The zero-order valence-electron chi connectivity index (χ0n) is 22.1. The maximum atomic E-state index is 3.14. The van der Waals surface area contributed by atoms with Crippen molar-refractivity contribution >= 4 is 24.8 Å². The molecule has 0 bridgehead atoms. The second-order valence-corrected chi connectivity index (χ2v) is 10.7. The summed E-state index contributed by atoms with van der Waals surface area (Å²) in [6.45, 7) is 6.48. The Balaban J connectivity index is 0.000000136. The summed E-state index contributed by atoms with van der Waals surface area (Å²) in [6, 6.07) is 36.7. The molecule has 0 radical (unpaired) electrons. The van der Waals surface area contributed by atoms with Crippen molar-refractivity contribution in [3.63, 3.8) is 0 Å². The topological polar surface area (TPSA) is 0 Å². The molecule has 0 unspecified atom stereocenters. The van der Waals surface area contributed by atoms with E-state index in [2.05, 4.69) is 142 Å². The van der Waals surface area contributed by atoms with Crippen molar-refractivity contribution < 1.29 is 24.2 Å². The summed E-state index contributed by atoms with van der Waals surface area (Å²) < 4.78 is 1.42. The number of fused-ring (bicyclic) bond motifs is 3. The monoisotopic (exact) mass is 556 g/mol. The van der Waals surface area contributed by atoms with Crippen molar-refractivity contribution in [3.05, 3.63) is 149 Å². The normalized spacial score (nSPS) is 12.0. The van der Waals surface area contributed by atoms with Crippen LogP contribution in [0.5, 0.6) is 0 Å². The fourth-order valence-corrected chi connectivity index (χ4v) is 5.36. The molecule has 0 spiro atoms. The molecule has 0 amide bonds. The Morgan fingerprint density at radius 1 is 0.757 bits per heavy atom. The van der Waals surface area contributed by atoms with Crippen molar-refractivity contribution in [2.75, 3.05) is 0 Å². The third-order valence-corrected chi connectivity index (χ3v) is 7.87. The van der Waals surface area contributed by atoms with Gasteiger partial charge in [0.25, 0.3) is 0 Å². The van der Waals surface area contributed by atoms with Crippen LogP contribution in [0.25, 0.3) is 21.5 Å². The van der Waals surface area contributed by atoms with E-state index in [1.54, 1.807) is 0 Å². The summed E-state index contributed by atoms with van der Waals surface area (Å²) in [4.78, 5) is 0. The Bertz CT molecular complexity index is 1420. The summed E-state index contributed by atoms with van der Waals surface area (Å²) in [5, 5.41) is 5.46. The van der Waals surface area contributed by atoms with Gasteiger partial charge in [-0.1, -0.05) is 55.2 Å². The molecule has 0 aliphatic heterocycles. The molecule has 0 atom stereocenters. The predicted molar refractivity (Wildman–Crippen MR) is 158 cm³/mol. The Labute approximate surface area is 237 Å². The minimum absolute atomic E-state index is 1.04. The van der Waals surface area contributed by atoms with Gasteiger partial charge >= 0.3 is 99.2 Å². The third-order valence-electron chi connectivity index (χ3n) is 6.45. The van der Waals surface area contributed by atoms with Gasteiger partial charge in [0, 0.05) is 0 Å². The van der Waals surface area contributed by atoms with Gasteiger partial charge in [-0.25, -0.2) is 11.6 Å². The first-order chi connectivity index (χ1) is 18.0. The molecule has 1 aliphatic rings. The first-order valence-corrected chi connectivity index (χ1v) is 14.3. The zero-order chi connectivity index (χ0) is 26.0. The second kappa shape index (κ2) is 13.5. The summed E-state index contributed by atoms with van der Waals surface area (Å²) in [6.07, 6.45) is 11.0. The molecule has 0 saturated heterocycles. The Morgan fingerprint density at radius 2 is 1.27 bits per heavy atom. The number of rotatable bonds is 4. The molecular weight excluding hydrogens is 524 g/mol. The molecule has 0 nitrogen and oxygen atoms in total. The van der Waals surface area contributed by atoms with Crippen molar-refractivity contribution in [2.24, 2.45) is 0 Å². The number of hydrogen-bond donors (Lipinski definition) is 0. The van der Waals surface area contributed by atoms with E-state index in [1.165, 1.54) is 89.7 Å². The molecule has 182 valence electrons. The molecule has 0 heterocycles. The summed E-state index contributed by atoms with van der Waals surface area (Å²) >= 11 is 1.46. The molecule has 0 saturated carbocycles. The minimum atomic E-state index is 1.04. The Hall–Kier alpha value is -3.02. The van der Waals surface area contributed by atoms with Gasteiger partial charge in [0.1, 0.15) is 0 Å². The van der Waals surface area contributed by atoms with Gasteiger partial charge in [-0.05, 0) is 13.8 Å². The van der Waals surface area contributed by atoms with E-state index in [1.807, 2.05) is 0 Å². The van der Waals surface area contributed by atoms with Gasteiger partial charge in [0.05, 0.1) is 0 Å². The van der Waals surface area contributed by atoms with E-state index < -0.39 is 0 Å². The Morgan fingerprint density at radius 3 is 1.70 bits per heavy atom. The van der Waals surface area contributed by atoms with Crippen LogP contribution in [0.15, 0.2) is 121 Å². The molecule has 6 rings (SSSR count). The zero-order valence-corrected chi connectivity index (χ0v) is 24.5. The summed E-state index contributed by atoms with van der Waals surface area (Å²) in [5.74, 6) is 0. The molecule has 5 aromatic rings. The van der Waals surface area contributed by atoms with E-state index in [0.717, 1.165) is 6.42 Å². The van der Waals surface area contributed by atoms with Crippen LogP contribution in [0.1, 0.15) is 48.4 Å². The third kappa shape index (κ3) is 7.50. The fraction of sp³-hybridized carbons (Fsp3) is 0.167. The fourth-order valence-electron chi connectivity index (χ4n) is 4.54. The molecule has 0 aromatic heterocycles. The van der Waals surface area contributed by atoms with Crippen LogP contribution in [0.3, 0.4) is 0 Å². The van der Waals surface area contributed by atoms with Gasteiger partial charge < -0.3 is 0 Å². The SMILES string of the molecule is CCCC1=CC[C-]=C1.Cc1ccc2c(c1)[cH-]c1cc(C)ccc12.[Zr+2]=[C](c1ccccc1)c1ccccc1. The van der Waals surface area contributed by atoms with Crippen LogP contribution < -0.4 is 0 Å². The van der Waals surface area contributed by atoms with E-state index in [-0.39, 0.29) is 0 Å². The molecule has 0 fully saturated rings. The quantitative estimate of drug-likeness (QED) is 0.193. The van der Waals surface area contributed by atoms with Crippen molar-refractivity contribution in [1.29, 1.82) is 0 Å². The van der Waals surface area contributed by atoms with Gasteiger partial charge in [0.2, 0.25) is 0 Å². The maximum absolute atomic E-state index is 3.14. The average Bonchev–Trinajstić information content (AvgIpc) is 3.57. The van der Waals surface area contributed by atoms with Crippen LogP contribution in [-0.4, -0.2) is 3.21 Å². The molecular formula is C36H34Zr. The summed E-state index contributed by atoms with van der Waals surface area (Å²) in [5.41, 5.74) is 6.78. The van der Waals surface area contributed by atoms with Crippen molar-refractivity contribution in [2.45, 2.75) is 40.0 Å². The molecule has 1 heteroatoms. The second-order valence-electron chi connectivity index (χ2n) is 9.51. The Kier molecular flexibility index (Phi) is 9.87. The van der Waals surface area contributed by atoms with Crippen LogP contribution >= 0.6 is 0 Å². The van der Waals surface area contributed by atoms with Gasteiger partial charge in [0.15, 0.2) is 0 Å². The number of allylic oxidation sites excluding steroid dienone is 4. The molecule has 37 heavy (non-hydrogen) atoms. The number of benzene rings is 4. The molecule has 1 aliphatic carbocycles. The van der Waals surface area contributed by atoms with Gasteiger partial charge in [-0.15, -0.1) is 46.2 Å². The average molecular weight is 558 g/mol. The van der Waals surface area contributed by atoms with E-state index in [9.17, 15) is 0 Å². The van der Waals surface area contributed by atoms with E-state index in [0.29, 0.717) is 0 Å². The van der Waals surface area contributed by atoms with Crippen LogP contribution in [0.2, 0.25) is 0 Å². The van der Waals surface area contributed by atoms with Crippen LogP contribution in [-0.2, 0) is 24.2 Å². The molecule has 0 N–H and O–H groups in total. The first-order valence-electron chi connectivity index (χ1n) is 13.1. The number of aryl methyl sites for hydroxylation is 2. The van der Waals surface area contributed by atoms with Crippen molar-refractivity contribution in [3.8, 4) is 0 Å². The van der Waals surface area contributed by atoms with Crippen LogP contribution in [0.4, 0.5) is 0 Å². The number of hydrogen-bond acceptors (Lipinski definition) is 0. The standard InChI is InChI=1S/C15H13.C13H10.C8H11.Zr/c1-10-3-5-14-12(7-10)9-13-8-11(2)4-6-15(13)14;1-3-7-12(8-4-1)11-13-9-5-2-6-10-13;1-2-5-8-6-3-4-7-8;/h3-9H,1-2H3;1-10H;6-7H,2-3,5H2,1H3;/q-1;;-1;+2. The van der Waals surface area contributed by atoms with Gasteiger partial charge in [-0.3, -0.25) is 6.08 Å². The predicted octanol–water partition coefficient (Wildman–Crippen LogP) is 9.61.